The van der Waals surface area contributed by atoms with Crippen LogP contribution in [0.25, 0.3) is 0 Å². The summed E-state index contributed by atoms with van der Waals surface area (Å²) in [6.07, 6.45) is 3.28. The van der Waals surface area contributed by atoms with E-state index in [0.717, 1.165) is 19.3 Å². The lowest BCUT2D eigenvalue weighted by Gasteiger charge is -2.18. The second kappa shape index (κ2) is 5.87. The highest BCUT2D eigenvalue weighted by Crippen LogP contribution is 2.30. The fraction of sp³-hybridized carbons (Fsp3) is 0.500. The maximum atomic E-state index is 12.0. The number of hydrogen-bond acceptors (Lipinski definition) is 3. The molecule has 0 aliphatic heterocycles. The van der Waals surface area contributed by atoms with Crippen LogP contribution < -0.4 is 11.1 Å². The Bertz CT molecular complexity index is 420. The largest absolute Gasteiger partial charge is 0.398 e. The van der Waals surface area contributed by atoms with Gasteiger partial charge in [0, 0.05) is 18.8 Å². The van der Waals surface area contributed by atoms with E-state index in [1.165, 1.54) is 0 Å². The number of rotatable bonds is 4. The minimum absolute atomic E-state index is 0.128. The van der Waals surface area contributed by atoms with Crippen molar-refractivity contribution in [3.05, 3.63) is 29.8 Å². The van der Waals surface area contributed by atoms with Gasteiger partial charge in [0.1, 0.15) is 0 Å². The summed E-state index contributed by atoms with van der Waals surface area (Å²) < 4.78 is 0. The molecule has 4 nitrogen and oxygen atoms in total. The maximum Gasteiger partial charge on any atom is 0.253 e. The highest BCUT2D eigenvalue weighted by molar-refractivity contribution is 5.99. The van der Waals surface area contributed by atoms with Crippen LogP contribution in [0.1, 0.15) is 29.6 Å². The predicted octanol–water partition coefficient (Wildman–Crippen LogP) is 1.41. The average molecular weight is 248 g/mol. The Labute approximate surface area is 107 Å². The zero-order valence-electron chi connectivity index (χ0n) is 10.4. The van der Waals surface area contributed by atoms with Crippen LogP contribution in [0.15, 0.2) is 24.3 Å². The summed E-state index contributed by atoms with van der Waals surface area (Å²) in [6.45, 7) is 0.840. The van der Waals surface area contributed by atoms with Crippen LogP contribution in [0.2, 0.25) is 0 Å². The standard InChI is InChI=1S/C14H20N2O2/c15-13-7-2-1-6-12(13)14(18)16-8-10-4-3-5-11(10)9-17/h1-2,6-7,10-11,17H,3-5,8-9,15H2,(H,16,18). The van der Waals surface area contributed by atoms with E-state index >= 15 is 0 Å². The van der Waals surface area contributed by atoms with Gasteiger partial charge in [-0.1, -0.05) is 18.6 Å². The quantitative estimate of drug-likeness (QED) is 0.705. The molecule has 1 aliphatic rings. The molecule has 1 amide bonds. The highest BCUT2D eigenvalue weighted by Gasteiger charge is 2.26. The van der Waals surface area contributed by atoms with Crippen LogP contribution in [0.4, 0.5) is 5.69 Å². The molecule has 4 heteroatoms. The third kappa shape index (κ3) is 2.82. The van der Waals surface area contributed by atoms with Crippen molar-refractivity contribution in [3.8, 4) is 0 Å². The number of nitrogens with two attached hydrogens (primary N) is 1. The number of carbonyl (C=O) groups excluding carboxylic acids is 1. The number of carbonyl (C=O) groups is 1. The summed E-state index contributed by atoms with van der Waals surface area (Å²) in [7, 11) is 0. The summed E-state index contributed by atoms with van der Waals surface area (Å²) in [6, 6.07) is 7.06. The number of nitrogen functional groups attached to an aromatic ring is 1. The normalized spacial score (nSPS) is 22.9. The zero-order valence-corrected chi connectivity index (χ0v) is 10.4. The minimum atomic E-state index is -0.128. The highest BCUT2D eigenvalue weighted by atomic mass is 16.3. The Morgan fingerprint density at radius 2 is 2.06 bits per heavy atom. The van der Waals surface area contributed by atoms with Crippen molar-refractivity contribution < 1.29 is 9.90 Å². The number of anilines is 1. The van der Waals surface area contributed by atoms with E-state index in [4.69, 9.17) is 5.73 Å². The topological polar surface area (TPSA) is 75.4 Å². The molecular formula is C14H20N2O2. The molecule has 1 aromatic rings. The van der Waals surface area contributed by atoms with Gasteiger partial charge in [-0.3, -0.25) is 4.79 Å². The second-order valence-electron chi connectivity index (χ2n) is 4.93. The van der Waals surface area contributed by atoms with Gasteiger partial charge in [0.2, 0.25) is 0 Å². The van der Waals surface area contributed by atoms with E-state index in [1.54, 1.807) is 18.2 Å². The van der Waals surface area contributed by atoms with Crippen molar-refractivity contribution in [1.82, 2.24) is 5.32 Å². The van der Waals surface area contributed by atoms with Crippen LogP contribution in [0.5, 0.6) is 0 Å². The van der Waals surface area contributed by atoms with Crippen molar-refractivity contribution in [2.24, 2.45) is 11.8 Å². The van der Waals surface area contributed by atoms with Crippen molar-refractivity contribution in [3.63, 3.8) is 0 Å². The Morgan fingerprint density at radius 1 is 1.33 bits per heavy atom. The Hall–Kier alpha value is -1.55. The molecule has 1 aromatic carbocycles. The summed E-state index contributed by atoms with van der Waals surface area (Å²) >= 11 is 0. The van der Waals surface area contributed by atoms with Gasteiger partial charge in [-0.25, -0.2) is 0 Å². The fourth-order valence-electron chi connectivity index (χ4n) is 2.65. The molecule has 98 valence electrons. The molecule has 0 heterocycles. The first-order valence-electron chi connectivity index (χ1n) is 6.46. The van der Waals surface area contributed by atoms with Gasteiger partial charge >= 0.3 is 0 Å². The number of nitrogens with one attached hydrogen (secondary N) is 1. The number of benzene rings is 1. The smallest absolute Gasteiger partial charge is 0.253 e. The number of hydrogen-bond donors (Lipinski definition) is 3. The number of aliphatic hydroxyl groups is 1. The molecule has 0 aromatic heterocycles. The Kier molecular flexibility index (Phi) is 4.20. The fourth-order valence-corrected chi connectivity index (χ4v) is 2.65. The lowest BCUT2D eigenvalue weighted by Crippen LogP contribution is -2.32. The molecule has 2 rings (SSSR count). The van der Waals surface area contributed by atoms with Crippen LogP contribution in [-0.4, -0.2) is 24.2 Å². The summed E-state index contributed by atoms with van der Waals surface area (Å²) in [5.74, 6) is 0.596. The number of aliphatic hydroxyl groups excluding tert-OH is 1. The second-order valence-corrected chi connectivity index (χ2v) is 4.93. The zero-order chi connectivity index (χ0) is 13.0. The van der Waals surface area contributed by atoms with Gasteiger partial charge < -0.3 is 16.2 Å². The van der Waals surface area contributed by atoms with E-state index in [1.807, 2.05) is 6.07 Å². The van der Waals surface area contributed by atoms with Crippen LogP contribution >= 0.6 is 0 Å². The molecule has 0 bridgehead atoms. The molecule has 4 N–H and O–H groups in total. The van der Waals surface area contributed by atoms with E-state index in [2.05, 4.69) is 5.32 Å². The Balaban J connectivity index is 1.91. The van der Waals surface area contributed by atoms with Crippen LogP contribution in [0, 0.1) is 11.8 Å². The van der Waals surface area contributed by atoms with Gasteiger partial charge in [0.25, 0.3) is 5.91 Å². The van der Waals surface area contributed by atoms with E-state index in [0.29, 0.717) is 29.6 Å². The summed E-state index contributed by atoms with van der Waals surface area (Å²) in [4.78, 5) is 12.0. The number of amides is 1. The van der Waals surface area contributed by atoms with Crippen molar-refractivity contribution in [1.29, 1.82) is 0 Å². The van der Waals surface area contributed by atoms with E-state index < -0.39 is 0 Å². The molecular weight excluding hydrogens is 228 g/mol. The van der Waals surface area contributed by atoms with Crippen LogP contribution in [0.3, 0.4) is 0 Å². The van der Waals surface area contributed by atoms with Gasteiger partial charge in [0.05, 0.1) is 5.56 Å². The summed E-state index contributed by atoms with van der Waals surface area (Å²) in [5.41, 5.74) is 6.78. The first-order valence-corrected chi connectivity index (χ1v) is 6.46. The van der Waals surface area contributed by atoms with E-state index in [9.17, 15) is 9.90 Å². The maximum absolute atomic E-state index is 12.0. The molecule has 2 unspecified atom stereocenters. The van der Waals surface area contributed by atoms with Gasteiger partial charge in [0.15, 0.2) is 0 Å². The predicted molar refractivity (Wildman–Crippen MR) is 71.1 cm³/mol. The molecule has 0 spiro atoms. The van der Waals surface area contributed by atoms with Crippen LogP contribution in [-0.2, 0) is 0 Å². The molecule has 0 radical (unpaired) electrons. The van der Waals surface area contributed by atoms with Crippen molar-refractivity contribution >= 4 is 11.6 Å². The van der Waals surface area contributed by atoms with Crippen molar-refractivity contribution in [2.45, 2.75) is 19.3 Å². The molecule has 0 saturated heterocycles. The lowest BCUT2D eigenvalue weighted by atomic mass is 9.97. The third-order valence-electron chi connectivity index (χ3n) is 3.78. The molecule has 1 saturated carbocycles. The SMILES string of the molecule is Nc1ccccc1C(=O)NCC1CCCC1CO. The first kappa shape index (κ1) is 12.9. The number of para-hydroxylation sites is 1. The third-order valence-corrected chi connectivity index (χ3v) is 3.78. The van der Waals surface area contributed by atoms with Gasteiger partial charge in [-0.2, -0.15) is 0 Å². The Morgan fingerprint density at radius 3 is 2.78 bits per heavy atom. The molecule has 18 heavy (non-hydrogen) atoms. The molecule has 1 aliphatic carbocycles. The molecule has 1 fully saturated rings. The minimum Gasteiger partial charge on any atom is -0.398 e. The van der Waals surface area contributed by atoms with Gasteiger partial charge in [-0.15, -0.1) is 0 Å². The van der Waals surface area contributed by atoms with Crippen molar-refractivity contribution in [2.75, 3.05) is 18.9 Å². The first-order chi connectivity index (χ1) is 8.72. The monoisotopic (exact) mass is 248 g/mol. The summed E-state index contributed by atoms with van der Waals surface area (Å²) in [5, 5.41) is 12.1. The lowest BCUT2D eigenvalue weighted by molar-refractivity contribution is 0.0938. The molecule has 2 atom stereocenters. The average Bonchev–Trinajstić information content (AvgIpc) is 2.84. The van der Waals surface area contributed by atoms with Gasteiger partial charge in [-0.05, 0) is 36.8 Å². The van der Waals surface area contributed by atoms with E-state index in [-0.39, 0.29) is 12.5 Å².